The highest BCUT2D eigenvalue weighted by molar-refractivity contribution is 7.99. The van der Waals surface area contributed by atoms with Gasteiger partial charge in [-0.25, -0.2) is 4.98 Å². The van der Waals surface area contributed by atoms with Crippen molar-refractivity contribution in [2.24, 2.45) is 0 Å². The van der Waals surface area contributed by atoms with Gasteiger partial charge in [-0.1, -0.05) is 30.0 Å². The monoisotopic (exact) mass is 489 g/mol. The van der Waals surface area contributed by atoms with Gasteiger partial charge >= 0.3 is 5.97 Å². The largest absolute Gasteiger partial charge is 0.482 e. The number of aromatic nitrogens is 4. The van der Waals surface area contributed by atoms with Gasteiger partial charge in [0.05, 0.1) is 24.5 Å². The van der Waals surface area contributed by atoms with E-state index >= 15 is 0 Å². The van der Waals surface area contributed by atoms with Crippen LogP contribution in [0.25, 0.3) is 0 Å². The summed E-state index contributed by atoms with van der Waals surface area (Å²) in [5.41, 5.74) is 1.62. The second-order valence-corrected chi connectivity index (χ2v) is 8.87. The smallest absolute Gasteiger partial charge is 0.311 e. The Morgan fingerprint density at radius 3 is 2.76 bits per heavy atom. The molecule has 0 saturated carbocycles. The van der Waals surface area contributed by atoms with Crippen LogP contribution in [0.3, 0.4) is 0 Å². The average molecular weight is 490 g/mol. The minimum atomic E-state index is -0.341. The molecular weight excluding hydrogens is 462 g/mol. The third-order valence-electron chi connectivity index (χ3n) is 4.58. The zero-order valence-electron chi connectivity index (χ0n) is 19.0. The van der Waals surface area contributed by atoms with Gasteiger partial charge < -0.3 is 19.4 Å². The van der Waals surface area contributed by atoms with E-state index in [2.05, 4.69) is 20.5 Å². The number of esters is 1. The lowest BCUT2D eigenvalue weighted by molar-refractivity contribution is -0.142. The number of hydrogen-bond donors (Lipinski definition) is 1. The maximum atomic E-state index is 12.4. The Labute approximate surface area is 200 Å². The SMILES string of the molecule is CCOC(=O)Cc1csc(NC(=O)CSc2nnc(C(C)Oc3ccccc3C)n2CC)n1. The van der Waals surface area contributed by atoms with Gasteiger partial charge in [0.2, 0.25) is 5.91 Å². The number of thioether (sulfide) groups is 1. The van der Waals surface area contributed by atoms with E-state index in [4.69, 9.17) is 9.47 Å². The molecule has 1 atom stereocenters. The van der Waals surface area contributed by atoms with Crippen molar-refractivity contribution < 1.29 is 19.1 Å². The molecule has 2 heterocycles. The summed E-state index contributed by atoms with van der Waals surface area (Å²) in [5, 5.41) is 14.1. The average Bonchev–Trinajstić information content (AvgIpc) is 3.40. The number of carbonyl (C=O) groups excluding carboxylic acids is 2. The van der Waals surface area contributed by atoms with Crippen molar-refractivity contribution in [2.45, 2.75) is 51.9 Å². The zero-order valence-corrected chi connectivity index (χ0v) is 20.7. The fourth-order valence-corrected chi connectivity index (χ4v) is 4.56. The zero-order chi connectivity index (χ0) is 23.8. The maximum absolute atomic E-state index is 12.4. The van der Waals surface area contributed by atoms with E-state index in [9.17, 15) is 9.59 Å². The molecule has 0 aliphatic rings. The quantitative estimate of drug-likeness (QED) is 0.318. The molecule has 1 amide bonds. The Bertz CT molecular complexity index is 1100. The summed E-state index contributed by atoms with van der Waals surface area (Å²) in [4.78, 5) is 28.2. The Morgan fingerprint density at radius 2 is 2.03 bits per heavy atom. The third kappa shape index (κ3) is 6.78. The number of hydrogen-bond acceptors (Lipinski definition) is 9. The Balaban J connectivity index is 1.56. The lowest BCUT2D eigenvalue weighted by atomic mass is 10.2. The van der Waals surface area contributed by atoms with Crippen LogP contribution in [0.15, 0.2) is 34.8 Å². The van der Waals surface area contributed by atoms with Gasteiger partial charge in [-0.05, 0) is 39.3 Å². The molecule has 11 heteroatoms. The van der Waals surface area contributed by atoms with Crippen LogP contribution in [0.4, 0.5) is 5.13 Å². The number of benzene rings is 1. The Hall–Kier alpha value is -2.92. The van der Waals surface area contributed by atoms with E-state index in [1.54, 1.807) is 12.3 Å². The molecule has 1 unspecified atom stereocenters. The summed E-state index contributed by atoms with van der Waals surface area (Å²) in [6.45, 7) is 8.65. The second kappa shape index (κ2) is 11.8. The van der Waals surface area contributed by atoms with Crippen molar-refractivity contribution in [2.75, 3.05) is 17.7 Å². The minimum Gasteiger partial charge on any atom is -0.482 e. The second-order valence-electron chi connectivity index (χ2n) is 7.07. The van der Waals surface area contributed by atoms with Crippen LogP contribution in [0, 0.1) is 6.92 Å². The number of carbonyl (C=O) groups is 2. The van der Waals surface area contributed by atoms with Crippen LogP contribution in [0.1, 0.15) is 44.0 Å². The predicted octanol–water partition coefficient (Wildman–Crippen LogP) is 4.04. The first-order valence-electron chi connectivity index (χ1n) is 10.6. The molecule has 9 nitrogen and oxygen atoms in total. The number of aryl methyl sites for hydroxylation is 1. The lowest BCUT2D eigenvalue weighted by Gasteiger charge is -2.16. The number of nitrogens with zero attached hydrogens (tertiary/aromatic N) is 4. The Kier molecular flexibility index (Phi) is 8.84. The van der Waals surface area contributed by atoms with Gasteiger partial charge in [0.1, 0.15) is 5.75 Å². The highest BCUT2D eigenvalue weighted by Crippen LogP contribution is 2.26. The summed E-state index contributed by atoms with van der Waals surface area (Å²) in [7, 11) is 0. The number of rotatable bonds is 11. The Morgan fingerprint density at radius 1 is 1.24 bits per heavy atom. The summed E-state index contributed by atoms with van der Waals surface area (Å²) in [5.74, 6) is 1.10. The fraction of sp³-hybridized carbons (Fsp3) is 0.409. The molecule has 0 spiro atoms. The highest BCUT2D eigenvalue weighted by atomic mass is 32.2. The van der Waals surface area contributed by atoms with Gasteiger partial charge in [0.15, 0.2) is 22.2 Å². The fourth-order valence-electron chi connectivity index (χ4n) is 3.03. The third-order valence-corrected chi connectivity index (χ3v) is 6.36. The number of nitrogens with one attached hydrogen (secondary N) is 1. The van der Waals surface area contributed by atoms with E-state index in [1.807, 2.05) is 49.6 Å². The maximum Gasteiger partial charge on any atom is 0.311 e. The summed E-state index contributed by atoms with van der Waals surface area (Å²) in [6.07, 6.45) is -0.213. The van der Waals surface area contributed by atoms with Crippen LogP contribution in [-0.2, 0) is 27.3 Å². The van der Waals surface area contributed by atoms with E-state index in [0.717, 1.165) is 11.3 Å². The predicted molar refractivity (Wildman–Crippen MR) is 128 cm³/mol. The summed E-state index contributed by atoms with van der Waals surface area (Å²) in [6, 6.07) is 7.82. The van der Waals surface area contributed by atoms with Gasteiger partial charge in [0, 0.05) is 11.9 Å². The van der Waals surface area contributed by atoms with Crippen LogP contribution in [-0.4, -0.2) is 44.0 Å². The molecule has 0 saturated heterocycles. The van der Waals surface area contributed by atoms with Gasteiger partial charge in [0.25, 0.3) is 0 Å². The molecule has 1 N–H and O–H groups in total. The molecule has 3 aromatic rings. The molecule has 0 aliphatic carbocycles. The highest BCUT2D eigenvalue weighted by Gasteiger charge is 2.20. The van der Waals surface area contributed by atoms with E-state index in [-0.39, 0.29) is 30.2 Å². The first-order valence-corrected chi connectivity index (χ1v) is 12.5. The number of para-hydroxylation sites is 1. The lowest BCUT2D eigenvalue weighted by Crippen LogP contribution is -2.15. The van der Waals surface area contributed by atoms with E-state index < -0.39 is 0 Å². The molecule has 176 valence electrons. The normalized spacial score (nSPS) is 11.8. The van der Waals surface area contributed by atoms with Crippen LogP contribution in [0.2, 0.25) is 0 Å². The number of thiazole rings is 1. The van der Waals surface area contributed by atoms with Gasteiger partial charge in [-0.15, -0.1) is 21.5 Å². The molecule has 2 aromatic heterocycles. The number of anilines is 1. The molecular formula is C22H27N5O4S2. The van der Waals surface area contributed by atoms with Crippen molar-refractivity contribution in [3.05, 3.63) is 46.7 Å². The van der Waals surface area contributed by atoms with Crippen LogP contribution < -0.4 is 10.1 Å². The molecule has 1 aromatic carbocycles. The van der Waals surface area contributed by atoms with Crippen molar-refractivity contribution in [3.8, 4) is 5.75 Å². The molecule has 0 bridgehead atoms. The molecule has 3 rings (SSSR count). The van der Waals surface area contributed by atoms with Crippen LogP contribution >= 0.6 is 23.1 Å². The molecule has 0 radical (unpaired) electrons. The standard InChI is InChI=1S/C22H27N5O4S2/c1-5-27-20(15(4)31-17-10-8-7-9-14(17)3)25-26-22(27)33-13-18(28)24-21-23-16(12-32-21)11-19(29)30-6-2/h7-10,12,15H,5-6,11,13H2,1-4H3,(H,23,24,28). The van der Waals surface area contributed by atoms with Gasteiger partial charge in [-0.2, -0.15) is 0 Å². The number of ether oxygens (including phenoxy) is 2. The molecule has 33 heavy (non-hydrogen) atoms. The van der Waals surface area contributed by atoms with Crippen molar-refractivity contribution in [1.29, 1.82) is 0 Å². The first kappa shape index (κ1) is 24.7. The van der Waals surface area contributed by atoms with Crippen molar-refractivity contribution in [1.82, 2.24) is 19.7 Å². The van der Waals surface area contributed by atoms with E-state index in [1.165, 1.54) is 23.1 Å². The van der Waals surface area contributed by atoms with E-state index in [0.29, 0.717) is 35.0 Å². The van der Waals surface area contributed by atoms with Crippen LogP contribution in [0.5, 0.6) is 5.75 Å². The topological polar surface area (TPSA) is 108 Å². The van der Waals surface area contributed by atoms with Gasteiger partial charge in [-0.3, -0.25) is 9.59 Å². The molecule has 0 aliphatic heterocycles. The summed E-state index contributed by atoms with van der Waals surface area (Å²) >= 11 is 2.56. The summed E-state index contributed by atoms with van der Waals surface area (Å²) < 4.78 is 12.9. The van der Waals surface area contributed by atoms with Crippen molar-refractivity contribution >= 4 is 40.1 Å². The van der Waals surface area contributed by atoms with Crippen molar-refractivity contribution in [3.63, 3.8) is 0 Å². The molecule has 0 fully saturated rings. The minimum absolute atomic E-state index is 0.0834. The number of amides is 1. The first-order chi connectivity index (χ1) is 15.9.